The van der Waals surface area contributed by atoms with Gasteiger partial charge in [-0.25, -0.2) is 14.0 Å². The monoisotopic (exact) mass is 356 g/mol. The number of rotatable bonds is 5. The largest absolute Gasteiger partial charge is 0.479 e. The number of hydrogen-bond donors (Lipinski definition) is 0. The fourth-order valence-corrected chi connectivity index (χ4v) is 2.61. The van der Waals surface area contributed by atoms with Crippen molar-refractivity contribution in [3.8, 4) is 11.5 Å². The Labute approximate surface area is 149 Å². The summed E-state index contributed by atoms with van der Waals surface area (Å²) in [6.45, 7) is 3.29. The van der Waals surface area contributed by atoms with E-state index in [2.05, 4.69) is 0 Å². The fourth-order valence-electron chi connectivity index (χ4n) is 2.61. The Bertz CT molecular complexity index is 1020. The van der Waals surface area contributed by atoms with Crippen LogP contribution in [0.5, 0.6) is 11.5 Å². The van der Waals surface area contributed by atoms with Crippen LogP contribution in [-0.4, -0.2) is 12.6 Å². The average Bonchev–Trinajstić information content (AvgIpc) is 2.60. The number of esters is 1. The second-order valence-electron chi connectivity index (χ2n) is 5.75. The maximum Gasteiger partial charge on any atom is 0.349 e. The fraction of sp³-hybridized carbons (Fsp3) is 0.200. The average molecular weight is 356 g/mol. The lowest BCUT2D eigenvalue weighted by Gasteiger charge is -2.12. The number of para-hydroxylation sites is 1. The molecule has 0 amide bonds. The van der Waals surface area contributed by atoms with Crippen molar-refractivity contribution >= 4 is 16.9 Å². The number of carbonyl (C=O) groups excluding carboxylic acids is 1. The molecule has 0 aliphatic carbocycles. The predicted octanol–water partition coefficient (Wildman–Crippen LogP) is 3.79. The van der Waals surface area contributed by atoms with Crippen LogP contribution >= 0.6 is 0 Å². The standard InChI is InChI=1S/C20H17FO5/c1-3-13-9-14-12(2)8-19(22)26-18(14)10-17(13)25-20(23)11-24-16-7-5-4-6-15(16)21/h4-10H,3,11H2,1-2H3. The van der Waals surface area contributed by atoms with E-state index in [0.717, 1.165) is 16.5 Å². The molecular formula is C20H17FO5. The molecule has 0 saturated heterocycles. The number of aryl methyl sites for hydroxylation is 2. The third-order valence-corrected chi connectivity index (χ3v) is 3.92. The Balaban J connectivity index is 1.82. The van der Waals surface area contributed by atoms with Crippen LogP contribution in [0, 0.1) is 12.7 Å². The summed E-state index contributed by atoms with van der Waals surface area (Å²) in [5.74, 6) is -0.981. The molecule has 3 aromatic rings. The van der Waals surface area contributed by atoms with E-state index in [1.807, 2.05) is 19.9 Å². The smallest absolute Gasteiger partial charge is 0.349 e. The normalized spacial score (nSPS) is 10.7. The molecule has 0 unspecified atom stereocenters. The molecule has 2 aromatic carbocycles. The molecule has 6 heteroatoms. The molecule has 3 rings (SSSR count). The Morgan fingerprint density at radius 2 is 1.92 bits per heavy atom. The van der Waals surface area contributed by atoms with Crippen LogP contribution < -0.4 is 15.1 Å². The van der Waals surface area contributed by atoms with Gasteiger partial charge in [-0.05, 0) is 42.7 Å². The zero-order valence-electron chi connectivity index (χ0n) is 14.4. The quantitative estimate of drug-likeness (QED) is 0.395. The van der Waals surface area contributed by atoms with Crippen molar-refractivity contribution in [2.24, 2.45) is 0 Å². The highest BCUT2D eigenvalue weighted by molar-refractivity contribution is 5.84. The molecule has 0 fully saturated rings. The third-order valence-electron chi connectivity index (χ3n) is 3.92. The molecule has 0 aliphatic rings. The van der Waals surface area contributed by atoms with Gasteiger partial charge in [-0.2, -0.15) is 0 Å². The zero-order valence-corrected chi connectivity index (χ0v) is 14.4. The zero-order chi connectivity index (χ0) is 18.7. The topological polar surface area (TPSA) is 65.7 Å². The second-order valence-corrected chi connectivity index (χ2v) is 5.75. The second kappa shape index (κ2) is 7.39. The van der Waals surface area contributed by atoms with Crippen LogP contribution in [0.4, 0.5) is 4.39 Å². The first kappa shape index (κ1) is 17.7. The van der Waals surface area contributed by atoms with Crippen molar-refractivity contribution < 1.29 is 23.1 Å². The molecule has 134 valence electrons. The van der Waals surface area contributed by atoms with Gasteiger partial charge in [0.25, 0.3) is 0 Å². The van der Waals surface area contributed by atoms with Crippen LogP contribution in [0.3, 0.4) is 0 Å². The number of halogens is 1. The molecule has 0 radical (unpaired) electrons. The lowest BCUT2D eigenvalue weighted by molar-refractivity contribution is -0.136. The summed E-state index contributed by atoms with van der Waals surface area (Å²) in [7, 11) is 0. The van der Waals surface area contributed by atoms with Gasteiger partial charge < -0.3 is 13.9 Å². The maximum atomic E-state index is 13.5. The van der Waals surface area contributed by atoms with Crippen molar-refractivity contribution in [3.05, 3.63) is 69.8 Å². The van der Waals surface area contributed by atoms with Crippen molar-refractivity contribution in [3.63, 3.8) is 0 Å². The molecule has 5 nitrogen and oxygen atoms in total. The Morgan fingerprint density at radius 1 is 1.15 bits per heavy atom. The van der Waals surface area contributed by atoms with E-state index < -0.39 is 24.0 Å². The van der Waals surface area contributed by atoms with E-state index in [0.29, 0.717) is 12.0 Å². The summed E-state index contributed by atoms with van der Waals surface area (Å²) in [5.41, 5.74) is 1.44. The van der Waals surface area contributed by atoms with Gasteiger partial charge in [0, 0.05) is 17.5 Å². The van der Waals surface area contributed by atoms with Gasteiger partial charge in [0.1, 0.15) is 11.3 Å². The van der Waals surface area contributed by atoms with Crippen molar-refractivity contribution in [1.29, 1.82) is 0 Å². The lowest BCUT2D eigenvalue weighted by Crippen LogP contribution is -2.18. The van der Waals surface area contributed by atoms with Gasteiger partial charge in [-0.1, -0.05) is 19.1 Å². The van der Waals surface area contributed by atoms with E-state index >= 15 is 0 Å². The number of fused-ring (bicyclic) bond motifs is 1. The number of benzene rings is 2. The van der Waals surface area contributed by atoms with Crippen molar-refractivity contribution in [1.82, 2.24) is 0 Å². The Hall–Kier alpha value is -3.15. The van der Waals surface area contributed by atoms with E-state index in [-0.39, 0.29) is 11.5 Å². The minimum Gasteiger partial charge on any atom is -0.479 e. The molecule has 1 heterocycles. The Kier molecular flexibility index (Phi) is 5.02. The summed E-state index contributed by atoms with van der Waals surface area (Å²) in [6.07, 6.45) is 0.616. The minimum absolute atomic E-state index is 0.0275. The first-order chi connectivity index (χ1) is 12.5. The van der Waals surface area contributed by atoms with Crippen molar-refractivity contribution in [2.45, 2.75) is 20.3 Å². The molecule has 0 atom stereocenters. The first-order valence-electron chi connectivity index (χ1n) is 8.13. The van der Waals surface area contributed by atoms with Gasteiger partial charge in [-0.3, -0.25) is 0 Å². The number of ether oxygens (including phenoxy) is 2. The minimum atomic E-state index is -0.683. The van der Waals surface area contributed by atoms with Crippen LogP contribution in [0.15, 0.2) is 51.7 Å². The number of carbonyl (C=O) groups is 1. The van der Waals surface area contributed by atoms with Gasteiger partial charge in [-0.15, -0.1) is 0 Å². The molecule has 0 aliphatic heterocycles. The third kappa shape index (κ3) is 3.74. The van der Waals surface area contributed by atoms with Crippen LogP contribution in [0.1, 0.15) is 18.1 Å². The van der Waals surface area contributed by atoms with Crippen LogP contribution in [0.25, 0.3) is 11.0 Å². The molecule has 0 bridgehead atoms. The highest BCUT2D eigenvalue weighted by atomic mass is 19.1. The van der Waals surface area contributed by atoms with Crippen LogP contribution in [0.2, 0.25) is 0 Å². The van der Waals surface area contributed by atoms with Crippen LogP contribution in [-0.2, 0) is 11.2 Å². The van der Waals surface area contributed by atoms with Crippen molar-refractivity contribution in [2.75, 3.05) is 6.61 Å². The highest BCUT2D eigenvalue weighted by Gasteiger charge is 2.14. The summed E-state index contributed by atoms with van der Waals surface area (Å²) >= 11 is 0. The van der Waals surface area contributed by atoms with E-state index in [1.54, 1.807) is 6.07 Å². The molecule has 0 saturated carbocycles. The van der Waals surface area contributed by atoms with Gasteiger partial charge in [0.15, 0.2) is 18.2 Å². The molecule has 0 N–H and O–H groups in total. The lowest BCUT2D eigenvalue weighted by atomic mass is 10.1. The maximum absolute atomic E-state index is 13.5. The van der Waals surface area contributed by atoms with E-state index in [9.17, 15) is 14.0 Å². The summed E-state index contributed by atoms with van der Waals surface area (Å²) in [4.78, 5) is 23.6. The van der Waals surface area contributed by atoms with E-state index in [4.69, 9.17) is 13.9 Å². The molecule has 1 aromatic heterocycles. The summed E-state index contributed by atoms with van der Waals surface area (Å²) < 4.78 is 29.2. The summed E-state index contributed by atoms with van der Waals surface area (Å²) in [5, 5.41) is 0.781. The first-order valence-corrected chi connectivity index (χ1v) is 8.13. The molecule has 0 spiro atoms. The SMILES string of the molecule is CCc1cc2c(C)cc(=O)oc2cc1OC(=O)COc1ccccc1F. The highest BCUT2D eigenvalue weighted by Crippen LogP contribution is 2.28. The Morgan fingerprint density at radius 3 is 2.65 bits per heavy atom. The predicted molar refractivity (Wildman–Crippen MR) is 94.1 cm³/mol. The van der Waals surface area contributed by atoms with Gasteiger partial charge in [0.2, 0.25) is 0 Å². The summed E-state index contributed by atoms with van der Waals surface area (Å²) in [6, 6.07) is 10.6. The molecular weight excluding hydrogens is 339 g/mol. The molecule has 26 heavy (non-hydrogen) atoms. The van der Waals surface area contributed by atoms with Gasteiger partial charge >= 0.3 is 11.6 Å². The van der Waals surface area contributed by atoms with Gasteiger partial charge in [0.05, 0.1) is 0 Å². The number of hydrogen-bond acceptors (Lipinski definition) is 5. The van der Waals surface area contributed by atoms with E-state index in [1.165, 1.54) is 30.3 Å².